The average molecular weight is 378 g/mol. The number of aliphatic hydroxyl groups excluding tert-OH is 1. The van der Waals surface area contributed by atoms with E-state index in [4.69, 9.17) is 14.2 Å². The number of piperidine rings is 2. The predicted octanol–water partition coefficient (Wildman–Crippen LogP) is 1.63. The average Bonchev–Trinajstić information content (AvgIpc) is 2.72. The van der Waals surface area contributed by atoms with Crippen molar-refractivity contribution >= 4 is 5.91 Å². The molecule has 2 heterocycles. The Hall–Kier alpha value is -1.99. The summed E-state index contributed by atoms with van der Waals surface area (Å²) in [6, 6.07) is 3.53. The van der Waals surface area contributed by atoms with Crippen LogP contribution in [0, 0.1) is 5.41 Å². The summed E-state index contributed by atoms with van der Waals surface area (Å²) in [4.78, 5) is 17.4. The Morgan fingerprint density at radius 2 is 1.78 bits per heavy atom. The summed E-state index contributed by atoms with van der Waals surface area (Å²) in [6.07, 6.45) is 2.91. The van der Waals surface area contributed by atoms with Crippen LogP contribution in [0.15, 0.2) is 12.1 Å². The number of likely N-dealkylation sites (N-methyl/N-ethyl adjacent to an activating group) is 1. The van der Waals surface area contributed by atoms with Gasteiger partial charge >= 0.3 is 0 Å². The van der Waals surface area contributed by atoms with Crippen LogP contribution in [0.25, 0.3) is 0 Å². The van der Waals surface area contributed by atoms with Gasteiger partial charge in [0.1, 0.15) is 5.75 Å². The molecule has 2 aliphatic rings. The van der Waals surface area contributed by atoms with Crippen molar-refractivity contribution in [3.05, 3.63) is 17.7 Å². The van der Waals surface area contributed by atoms with E-state index in [2.05, 4.69) is 11.9 Å². The minimum Gasteiger partial charge on any atom is -0.496 e. The number of aliphatic hydroxyl groups is 1. The number of likely N-dealkylation sites (tertiary alicyclic amines) is 2. The number of fused-ring (bicyclic) bond motifs is 1. The Kier molecular flexibility index (Phi) is 5.81. The van der Waals surface area contributed by atoms with Gasteiger partial charge in [-0.1, -0.05) is 0 Å². The van der Waals surface area contributed by atoms with E-state index in [1.54, 1.807) is 33.5 Å². The standard InChI is InChI=1S/C20H30N2O5/c1-21-8-5-6-20(13-23)7-9-22(12-18(20)21)19(24)14-10-16(26-3)17(27-4)11-15(14)25-2/h10-11,18,23H,5-9,12-13H2,1-4H3/t18-,20-/m1/s1. The van der Waals surface area contributed by atoms with E-state index in [1.807, 2.05) is 4.90 Å². The summed E-state index contributed by atoms with van der Waals surface area (Å²) in [6.45, 7) is 2.40. The van der Waals surface area contributed by atoms with Gasteiger partial charge in [-0.15, -0.1) is 0 Å². The van der Waals surface area contributed by atoms with Crippen LogP contribution < -0.4 is 14.2 Å². The summed E-state index contributed by atoms with van der Waals surface area (Å²) in [5.41, 5.74) is 0.357. The van der Waals surface area contributed by atoms with Crippen LogP contribution in [-0.4, -0.2) is 81.5 Å². The van der Waals surface area contributed by atoms with Crippen LogP contribution >= 0.6 is 0 Å². The molecule has 0 unspecified atom stereocenters. The van der Waals surface area contributed by atoms with Crippen molar-refractivity contribution in [2.24, 2.45) is 5.41 Å². The fraction of sp³-hybridized carbons (Fsp3) is 0.650. The van der Waals surface area contributed by atoms with Gasteiger partial charge in [0.15, 0.2) is 11.5 Å². The first-order valence-electron chi connectivity index (χ1n) is 9.40. The number of methoxy groups -OCH3 is 3. The molecule has 0 aromatic heterocycles. The molecule has 0 spiro atoms. The smallest absolute Gasteiger partial charge is 0.257 e. The Morgan fingerprint density at radius 1 is 1.11 bits per heavy atom. The molecule has 7 nitrogen and oxygen atoms in total. The van der Waals surface area contributed by atoms with Gasteiger partial charge in [0.25, 0.3) is 5.91 Å². The van der Waals surface area contributed by atoms with Gasteiger partial charge in [-0.2, -0.15) is 0 Å². The molecule has 3 rings (SSSR count). The van der Waals surface area contributed by atoms with E-state index in [0.717, 1.165) is 25.8 Å². The number of carbonyl (C=O) groups is 1. The lowest BCUT2D eigenvalue weighted by atomic mass is 9.69. The molecule has 1 N–H and O–H groups in total. The molecule has 0 bridgehead atoms. The molecule has 2 aliphatic heterocycles. The lowest BCUT2D eigenvalue weighted by Gasteiger charge is -2.53. The van der Waals surface area contributed by atoms with Crippen LogP contribution in [0.3, 0.4) is 0 Å². The van der Waals surface area contributed by atoms with Gasteiger partial charge < -0.3 is 29.1 Å². The number of ether oxygens (including phenoxy) is 3. The summed E-state index contributed by atoms with van der Waals surface area (Å²) in [5, 5.41) is 10.1. The van der Waals surface area contributed by atoms with Crippen LogP contribution in [0.4, 0.5) is 0 Å². The SMILES string of the molecule is COc1cc(OC)c(C(=O)N2CC[C@@]3(CO)CCCN(C)[C@@H]3C2)cc1OC. The zero-order valence-corrected chi connectivity index (χ0v) is 16.7. The van der Waals surface area contributed by atoms with Crippen LogP contribution in [-0.2, 0) is 0 Å². The van der Waals surface area contributed by atoms with Crippen LogP contribution in [0.1, 0.15) is 29.6 Å². The molecule has 0 radical (unpaired) electrons. The van der Waals surface area contributed by atoms with Gasteiger partial charge in [0, 0.05) is 36.7 Å². The maximum absolute atomic E-state index is 13.3. The highest BCUT2D eigenvalue weighted by molar-refractivity contribution is 5.98. The number of hydrogen-bond donors (Lipinski definition) is 1. The largest absolute Gasteiger partial charge is 0.496 e. The normalized spacial score (nSPS) is 25.7. The second-order valence-electron chi connectivity index (χ2n) is 7.53. The minimum atomic E-state index is -0.106. The molecule has 2 saturated heterocycles. The number of rotatable bonds is 5. The van der Waals surface area contributed by atoms with Crippen LogP contribution in [0.2, 0.25) is 0 Å². The van der Waals surface area contributed by atoms with Crippen LogP contribution in [0.5, 0.6) is 17.2 Å². The third-order valence-corrected chi connectivity index (χ3v) is 6.24. The third-order valence-electron chi connectivity index (χ3n) is 6.24. The van der Waals surface area contributed by atoms with E-state index in [-0.39, 0.29) is 24.0 Å². The zero-order chi connectivity index (χ0) is 19.6. The first kappa shape index (κ1) is 19.8. The molecule has 1 aromatic carbocycles. The molecule has 27 heavy (non-hydrogen) atoms. The van der Waals surface area contributed by atoms with Crippen molar-refractivity contribution in [1.82, 2.24) is 9.80 Å². The second kappa shape index (κ2) is 7.94. The first-order chi connectivity index (χ1) is 13.0. The van der Waals surface area contributed by atoms with Gasteiger partial charge in [-0.25, -0.2) is 0 Å². The topological polar surface area (TPSA) is 71.5 Å². The molecular formula is C20H30N2O5. The summed E-state index contributed by atoms with van der Waals surface area (Å²) < 4.78 is 16.1. The van der Waals surface area contributed by atoms with E-state index in [1.165, 1.54) is 0 Å². The molecule has 1 aromatic rings. The highest BCUT2D eigenvalue weighted by Gasteiger charge is 2.47. The van der Waals surface area contributed by atoms with E-state index in [9.17, 15) is 9.90 Å². The van der Waals surface area contributed by atoms with E-state index >= 15 is 0 Å². The molecule has 2 atom stereocenters. The lowest BCUT2D eigenvalue weighted by Crippen LogP contribution is -2.62. The van der Waals surface area contributed by atoms with Crippen molar-refractivity contribution in [3.8, 4) is 17.2 Å². The van der Waals surface area contributed by atoms with Gasteiger partial charge in [-0.3, -0.25) is 4.79 Å². The van der Waals surface area contributed by atoms with Crippen molar-refractivity contribution in [2.75, 3.05) is 54.6 Å². The molecule has 150 valence electrons. The van der Waals surface area contributed by atoms with E-state index in [0.29, 0.717) is 35.9 Å². The fourth-order valence-corrected chi connectivity index (χ4v) is 4.57. The minimum absolute atomic E-state index is 0.0849. The summed E-state index contributed by atoms with van der Waals surface area (Å²) in [5.74, 6) is 1.40. The second-order valence-corrected chi connectivity index (χ2v) is 7.53. The predicted molar refractivity (Wildman–Crippen MR) is 102 cm³/mol. The summed E-state index contributed by atoms with van der Waals surface area (Å²) in [7, 11) is 6.72. The van der Waals surface area contributed by atoms with Crippen molar-refractivity contribution < 1.29 is 24.1 Å². The number of hydrogen-bond acceptors (Lipinski definition) is 6. The highest BCUT2D eigenvalue weighted by Crippen LogP contribution is 2.42. The Labute approximate surface area is 160 Å². The molecule has 0 aliphatic carbocycles. The number of carbonyl (C=O) groups excluding carboxylic acids is 1. The molecule has 1 amide bonds. The zero-order valence-electron chi connectivity index (χ0n) is 16.7. The van der Waals surface area contributed by atoms with Crippen molar-refractivity contribution in [2.45, 2.75) is 25.3 Å². The third kappa shape index (κ3) is 3.46. The molecular weight excluding hydrogens is 348 g/mol. The molecule has 2 fully saturated rings. The highest BCUT2D eigenvalue weighted by atomic mass is 16.5. The Balaban J connectivity index is 1.88. The maximum atomic E-state index is 13.3. The van der Waals surface area contributed by atoms with Crippen molar-refractivity contribution in [3.63, 3.8) is 0 Å². The Bertz CT molecular complexity index is 695. The Morgan fingerprint density at radius 3 is 2.41 bits per heavy atom. The molecule has 7 heteroatoms. The van der Waals surface area contributed by atoms with Crippen molar-refractivity contribution in [1.29, 1.82) is 0 Å². The summed E-state index contributed by atoms with van der Waals surface area (Å²) >= 11 is 0. The number of benzene rings is 1. The van der Waals surface area contributed by atoms with Gasteiger partial charge in [-0.05, 0) is 32.9 Å². The lowest BCUT2D eigenvalue weighted by molar-refractivity contribution is -0.0601. The number of amides is 1. The quantitative estimate of drug-likeness (QED) is 0.840. The fourth-order valence-electron chi connectivity index (χ4n) is 4.57. The maximum Gasteiger partial charge on any atom is 0.257 e. The van der Waals surface area contributed by atoms with E-state index < -0.39 is 0 Å². The first-order valence-corrected chi connectivity index (χ1v) is 9.40. The van der Waals surface area contributed by atoms with Gasteiger partial charge in [0.05, 0.1) is 33.5 Å². The molecule has 0 saturated carbocycles. The van der Waals surface area contributed by atoms with Gasteiger partial charge in [0.2, 0.25) is 0 Å². The monoisotopic (exact) mass is 378 g/mol. The number of nitrogens with zero attached hydrogens (tertiary/aromatic N) is 2.